The topological polar surface area (TPSA) is 163 Å². The molecule has 12 nitrogen and oxygen atoms in total. The van der Waals surface area contributed by atoms with Crippen molar-refractivity contribution in [2.24, 2.45) is 11.8 Å². The molecule has 0 bridgehead atoms. The molecule has 2 N–H and O–H groups in total. The molecule has 0 aromatic heterocycles. The van der Waals surface area contributed by atoms with Crippen LogP contribution < -0.4 is 28.3 Å². The zero-order valence-electron chi connectivity index (χ0n) is 31.8. The van der Waals surface area contributed by atoms with Crippen LogP contribution in [0.15, 0.2) is 60.7 Å². The first-order chi connectivity index (χ1) is 27.9. The molecule has 328 valence electrons. The molecule has 2 unspecified atom stereocenters. The van der Waals surface area contributed by atoms with Crippen LogP contribution in [-0.4, -0.2) is 24.4 Å². The smallest absolute Gasteiger partial charge is 0.405 e. The fourth-order valence-corrected chi connectivity index (χ4v) is 7.23. The molecule has 4 rings (SSSR count). The average Bonchev–Trinajstić information content (AvgIpc) is 3.19. The van der Waals surface area contributed by atoms with Gasteiger partial charge in [-0.05, 0) is 49.9 Å². The highest BCUT2D eigenvalue weighted by Crippen LogP contribution is 2.49. The molecule has 0 aliphatic rings. The second kappa shape index (κ2) is 23.9. The van der Waals surface area contributed by atoms with Crippen molar-refractivity contribution in [1.82, 2.24) is 10.2 Å². The summed E-state index contributed by atoms with van der Waals surface area (Å²) < 4.78 is 182. The predicted molar refractivity (Wildman–Crippen MR) is 188 cm³/mol. The molecule has 4 aromatic carbocycles. The lowest BCUT2D eigenvalue weighted by Crippen LogP contribution is -2.32. The number of rotatable bonds is 14. The minimum absolute atomic E-state index is 0.00756. The SMILES string of the molecule is CC(C)[C@H](C)NP(=O)(Oc1ccccc1)Oc1c(F)c(F)c(F)c(F)c1F.CC(C)[C@H](C)NP(=O)(Oc1ccccc1)Oc1c(F)c(F)c(F)c(F)c1F.O=C=O.O=C=O. The van der Waals surface area contributed by atoms with Gasteiger partial charge in [0.1, 0.15) is 11.5 Å². The molecule has 0 radical (unpaired) electrons. The van der Waals surface area contributed by atoms with Gasteiger partial charge in [0, 0.05) is 12.1 Å². The lowest BCUT2D eigenvalue weighted by atomic mass is 10.1. The first-order valence-corrected chi connectivity index (χ1v) is 19.7. The van der Waals surface area contributed by atoms with E-state index in [2.05, 4.69) is 10.2 Å². The van der Waals surface area contributed by atoms with E-state index in [-0.39, 0.29) is 35.6 Å². The van der Waals surface area contributed by atoms with E-state index in [9.17, 15) is 53.0 Å². The third-order valence-corrected chi connectivity index (χ3v) is 10.6. The Morgan fingerprint density at radius 1 is 0.417 bits per heavy atom. The minimum atomic E-state index is -4.57. The fourth-order valence-electron chi connectivity index (χ4n) is 3.75. The fraction of sp³-hybridized carbons (Fsp3) is 0.278. The van der Waals surface area contributed by atoms with Gasteiger partial charge in [0.25, 0.3) is 0 Å². The standard InChI is InChI=1S/2C17H17F5NO3P.2CO2/c2*1-9(2)10(3)23-27(24,25-11-7-5-4-6-8-11)26-17-15(21)13(19)12(18)14(20)16(17)22;2*2-1-3/h2*4-10H,1-3H3,(H,23,24);;/t2*10-,27?;;/m00../s1. The Kier molecular flexibility index (Phi) is 21.0. The third-order valence-electron chi connectivity index (χ3n) is 7.42. The number of nitrogens with one attached hydrogen (secondary N) is 2. The van der Waals surface area contributed by atoms with Gasteiger partial charge < -0.3 is 18.1 Å². The molecule has 0 amide bonds. The Hall–Kier alpha value is -5.48. The average molecular weight is 907 g/mol. The second-order valence-corrected chi connectivity index (χ2v) is 15.5. The molecule has 0 aliphatic heterocycles. The molecule has 0 fully saturated rings. The summed E-state index contributed by atoms with van der Waals surface area (Å²) in [6.07, 6.45) is 0.500. The molecular formula is C36H34F10N2O10P2. The minimum Gasteiger partial charge on any atom is -0.405 e. The van der Waals surface area contributed by atoms with Crippen LogP contribution >= 0.6 is 15.5 Å². The summed E-state index contributed by atoms with van der Waals surface area (Å²) in [6, 6.07) is 13.8. The highest BCUT2D eigenvalue weighted by atomic mass is 31.2. The Morgan fingerprint density at radius 2 is 0.633 bits per heavy atom. The zero-order valence-corrected chi connectivity index (χ0v) is 33.6. The summed E-state index contributed by atoms with van der Waals surface area (Å²) in [5.41, 5.74) is 0. The molecule has 4 atom stereocenters. The number of hydrogen-bond donors (Lipinski definition) is 2. The van der Waals surface area contributed by atoms with Crippen LogP contribution in [0.4, 0.5) is 43.9 Å². The van der Waals surface area contributed by atoms with Crippen molar-refractivity contribution in [3.63, 3.8) is 0 Å². The van der Waals surface area contributed by atoms with E-state index >= 15 is 0 Å². The van der Waals surface area contributed by atoms with E-state index in [1.54, 1.807) is 53.7 Å². The van der Waals surface area contributed by atoms with Crippen molar-refractivity contribution in [2.75, 3.05) is 0 Å². The molecule has 60 heavy (non-hydrogen) atoms. The molecule has 0 heterocycles. The third kappa shape index (κ3) is 15.0. The van der Waals surface area contributed by atoms with Crippen molar-refractivity contribution in [2.45, 2.75) is 53.6 Å². The van der Waals surface area contributed by atoms with E-state index in [4.69, 9.17) is 37.3 Å². The summed E-state index contributed by atoms with van der Waals surface area (Å²) in [5, 5.41) is 4.87. The van der Waals surface area contributed by atoms with Gasteiger partial charge >= 0.3 is 27.8 Å². The zero-order chi connectivity index (χ0) is 46.1. The van der Waals surface area contributed by atoms with E-state index in [1.165, 1.54) is 48.5 Å². The summed E-state index contributed by atoms with van der Waals surface area (Å²) in [7, 11) is -9.14. The van der Waals surface area contributed by atoms with Crippen molar-refractivity contribution in [3.05, 3.63) is 119 Å². The van der Waals surface area contributed by atoms with Gasteiger partial charge in [-0.25, -0.2) is 35.5 Å². The van der Waals surface area contributed by atoms with Gasteiger partial charge in [-0.3, -0.25) is 0 Å². The van der Waals surface area contributed by atoms with E-state index in [1.807, 2.05) is 0 Å². The summed E-state index contributed by atoms with van der Waals surface area (Å²) >= 11 is 0. The van der Waals surface area contributed by atoms with Crippen molar-refractivity contribution in [1.29, 1.82) is 0 Å². The van der Waals surface area contributed by atoms with E-state index < -0.39 is 97.2 Å². The Labute approximate surface area is 335 Å². The molecule has 4 aromatic rings. The number of halogens is 10. The van der Waals surface area contributed by atoms with Gasteiger partial charge in [0.15, 0.2) is 0 Å². The normalized spacial score (nSPS) is 13.5. The van der Waals surface area contributed by atoms with Crippen LogP contribution in [0.25, 0.3) is 0 Å². The molecule has 0 spiro atoms. The lowest BCUT2D eigenvalue weighted by molar-refractivity contribution is -0.193. The van der Waals surface area contributed by atoms with Crippen molar-refractivity contribution in [3.8, 4) is 23.0 Å². The quantitative estimate of drug-likeness (QED) is 0.0534. The van der Waals surface area contributed by atoms with Gasteiger partial charge in [-0.15, -0.1) is 0 Å². The maximum absolute atomic E-state index is 13.9. The molecule has 0 saturated heterocycles. The number of para-hydroxylation sites is 2. The van der Waals surface area contributed by atoms with Crippen LogP contribution in [0.2, 0.25) is 0 Å². The van der Waals surface area contributed by atoms with E-state index in [0.717, 1.165) is 0 Å². The Morgan fingerprint density at radius 3 is 0.850 bits per heavy atom. The first-order valence-electron chi connectivity index (χ1n) is 16.6. The van der Waals surface area contributed by atoms with Gasteiger partial charge in [-0.2, -0.15) is 46.9 Å². The number of hydrogen-bond acceptors (Lipinski definition) is 10. The summed E-state index contributed by atoms with van der Waals surface area (Å²) in [4.78, 5) is 32.5. The largest absolute Gasteiger partial charge is 0.513 e. The van der Waals surface area contributed by atoms with Crippen LogP contribution in [0.5, 0.6) is 23.0 Å². The van der Waals surface area contributed by atoms with Crippen LogP contribution in [0.3, 0.4) is 0 Å². The van der Waals surface area contributed by atoms with E-state index in [0.29, 0.717) is 0 Å². The highest BCUT2D eigenvalue weighted by Gasteiger charge is 2.38. The number of carbonyl (C=O) groups excluding carboxylic acids is 4. The van der Waals surface area contributed by atoms with Crippen LogP contribution in [0, 0.1) is 70.0 Å². The molecule has 24 heteroatoms. The Balaban J connectivity index is 0.000000530. The van der Waals surface area contributed by atoms with Gasteiger partial charge in [0.2, 0.25) is 69.7 Å². The summed E-state index contributed by atoms with van der Waals surface area (Å²) in [5.74, 6) is -26.1. The second-order valence-electron chi connectivity index (χ2n) is 12.3. The van der Waals surface area contributed by atoms with Crippen LogP contribution in [0.1, 0.15) is 41.5 Å². The van der Waals surface area contributed by atoms with Gasteiger partial charge in [-0.1, -0.05) is 64.1 Å². The lowest BCUT2D eigenvalue weighted by Gasteiger charge is -2.25. The Bertz CT molecular complexity index is 2000. The highest BCUT2D eigenvalue weighted by molar-refractivity contribution is 7.52. The van der Waals surface area contributed by atoms with Crippen molar-refractivity contribution >= 4 is 27.8 Å². The van der Waals surface area contributed by atoms with Crippen LogP contribution in [-0.2, 0) is 28.3 Å². The predicted octanol–water partition coefficient (Wildman–Crippen LogP) is 10.00. The summed E-state index contributed by atoms with van der Waals surface area (Å²) in [6.45, 7) is 10.2. The maximum Gasteiger partial charge on any atom is 0.513 e. The maximum atomic E-state index is 13.9. The molecule has 0 saturated carbocycles. The first kappa shape index (κ1) is 52.5. The molecule has 0 aliphatic carbocycles. The van der Waals surface area contributed by atoms with Gasteiger partial charge in [0.05, 0.1) is 0 Å². The monoisotopic (exact) mass is 906 g/mol. The van der Waals surface area contributed by atoms with Crippen molar-refractivity contribution < 1.29 is 90.3 Å². The molecular weight excluding hydrogens is 872 g/mol. The number of benzene rings is 4.